The molecule has 0 aliphatic rings. The molecule has 136 valence electrons. The van der Waals surface area contributed by atoms with Crippen molar-refractivity contribution in [2.24, 2.45) is 0 Å². The standard InChI is InChI=1S/C17H16BrN3O5/c18-12-1-3-13(4-2-12)20-16(22)9-10-19-17(23)11-26-15-7-5-14(6-8-15)21(24)25/h1-8H,9-11H2,(H,19,23)(H,20,22). The molecule has 9 heteroatoms. The average molecular weight is 422 g/mol. The number of hydrogen-bond donors (Lipinski definition) is 2. The van der Waals surface area contributed by atoms with Crippen LogP contribution in [0.1, 0.15) is 6.42 Å². The number of hydrogen-bond acceptors (Lipinski definition) is 5. The third-order valence-electron chi connectivity index (χ3n) is 3.22. The van der Waals surface area contributed by atoms with Crippen LogP contribution in [-0.2, 0) is 9.59 Å². The number of non-ortho nitro benzene ring substituents is 1. The second-order valence-electron chi connectivity index (χ2n) is 5.19. The molecule has 0 bridgehead atoms. The number of amides is 2. The molecule has 26 heavy (non-hydrogen) atoms. The molecule has 2 rings (SSSR count). The van der Waals surface area contributed by atoms with Crippen LogP contribution in [0.25, 0.3) is 0 Å². The summed E-state index contributed by atoms with van der Waals surface area (Å²) >= 11 is 3.31. The summed E-state index contributed by atoms with van der Waals surface area (Å²) in [6, 6.07) is 12.6. The molecule has 0 atom stereocenters. The molecule has 2 aromatic carbocycles. The summed E-state index contributed by atoms with van der Waals surface area (Å²) in [4.78, 5) is 33.5. The van der Waals surface area contributed by atoms with E-state index in [1.807, 2.05) is 12.1 Å². The number of nitro groups is 1. The largest absolute Gasteiger partial charge is 0.484 e. The van der Waals surface area contributed by atoms with Crippen molar-refractivity contribution in [1.82, 2.24) is 5.32 Å². The fourth-order valence-electron chi connectivity index (χ4n) is 1.94. The molecule has 0 aliphatic heterocycles. The number of nitro benzene ring substituents is 1. The molecule has 0 saturated carbocycles. The van der Waals surface area contributed by atoms with Crippen molar-refractivity contribution in [2.45, 2.75) is 6.42 Å². The van der Waals surface area contributed by atoms with Crippen LogP contribution in [0.2, 0.25) is 0 Å². The first kappa shape index (κ1) is 19.4. The molecule has 0 aliphatic carbocycles. The fourth-order valence-corrected chi connectivity index (χ4v) is 2.20. The number of nitrogens with one attached hydrogen (secondary N) is 2. The molecule has 0 fully saturated rings. The van der Waals surface area contributed by atoms with Crippen molar-refractivity contribution in [3.05, 3.63) is 63.1 Å². The van der Waals surface area contributed by atoms with Crippen molar-refractivity contribution in [3.63, 3.8) is 0 Å². The van der Waals surface area contributed by atoms with Gasteiger partial charge in [-0.2, -0.15) is 0 Å². The van der Waals surface area contributed by atoms with Gasteiger partial charge in [0, 0.05) is 35.3 Å². The lowest BCUT2D eigenvalue weighted by Gasteiger charge is -2.08. The highest BCUT2D eigenvalue weighted by molar-refractivity contribution is 9.10. The van der Waals surface area contributed by atoms with Gasteiger partial charge in [-0.25, -0.2) is 0 Å². The van der Waals surface area contributed by atoms with Gasteiger partial charge >= 0.3 is 0 Å². The highest BCUT2D eigenvalue weighted by atomic mass is 79.9. The molecule has 0 radical (unpaired) electrons. The molecular weight excluding hydrogens is 406 g/mol. The van der Waals surface area contributed by atoms with E-state index in [2.05, 4.69) is 26.6 Å². The SMILES string of the molecule is O=C(COc1ccc([N+](=O)[O-])cc1)NCCC(=O)Nc1ccc(Br)cc1. The summed E-state index contributed by atoms with van der Waals surface area (Å²) in [7, 11) is 0. The molecule has 0 unspecified atom stereocenters. The van der Waals surface area contributed by atoms with E-state index in [9.17, 15) is 19.7 Å². The van der Waals surface area contributed by atoms with E-state index < -0.39 is 4.92 Å². The lowest BCUT2D eigenvalue weighted by Crippen LogP contribution is -2.31. The van der Waals surface area contributed by atoms with E-state index >= 15 is 0 Å². The molecule has 0 spiro atoms. The summed E-state index contributed by atoms with van der Waals surface area (Å²) in [6.07, 6.45) is 0.124. The maximum absolute atomic E-state index is 11.8. The van der Waals surface area contributed by atoms with Crippen LogP contribution in [0.3, 0.4) is 0 Å². The van der Waals surface area contributed by atoms with Gasteiger partial charge in [0.15, 0.2) is 6.61 Å². The quantitative estimate of drug-likeness (QED) is 0.502. The van der Waals surface area contributed by atoms with Crippen molar-refractivity contribution in [1.29, 1.82) is 0 Å². The number of halogens is 1. The van der Waals surface area contributed by atoms with Gasteiger partial charge < -0.3 is 15.4 Å². The topological polar surface area (TPSA) is 111 Å². The Labute approximate surface area is 157 Å². The number of ether oxygens (including phenoxy) is 1. The van der Waals surface area contributed by atoms with Gasteiger partial charge in [-0.05, 0) is 36.4 Å². The van der Waals surface area contributed by atoms with Gasteiger partial charge in [-0.1, -0.05) is 15.9 Å². The minimum absolute atomic E-state index is 0.0569. The van der Waals surface area contributed by atoms with Crippen LogP contribution in [0, 0.1) is 10.1 Å². The predicted octanol–water partition coefficient (Wildman–Crippen LogP) is 2.88. The minimum Gasteiger partial charge on any atom is -0.484 e. The average Bonchev–Trinajstić information content (AvgIpc) is 2.62. The Balaban J connectivity index is 1.66. The number of anilines is 1. The van der Waals surface area contributed by atoms with Crippen molar-refractivity contribution in [2.75, 3.05) is 18.5 Å². The Morgan fingerprint density at radius 3 is 2.31 bits per heavy atom. The zero-order chi connectivity index (χ0) is 18.9. The van der Waals surface area contributed by atoms with E-state index in [1.54, 1.807) is 12.1 Å². The summed E-state index contributed by atoms with van der Waals surface area (Å²) in [6.45, 7) is -0.0725. The molecule has 0 saturated heterocycles. The van der Waals surface area contributed by atoms with Gasteiger partial charge in [0.25, 0.3) is 11.6 Å². The number of rotatable bonds is 8. The van der Waals surface area contributed by atoms with Crippen LogP contribution >= 0.6 is 15.9 Å². The first-order chi connectivity index (χ1) is 12.4. The molecule has 2 N–H and O–H groups in total. The number of nitrogens with zero attached hydrogens (tertiary/aromatic N) is 1. The summed E-state index contributed by atoms with van der Waals surface area (Å²) in [5, 5.41) is 15.8. The highest BCUT2D eigenvalue weighted by Gasteiger charge is 2.07. The third kappa shape index (κ3) is 6.52. The molecule has 8 nitrogen and oxygen atoms in total. The maximum Gasteiger partial charge on any atom is 0.269 e. The number of benzene rings is 2. The second-order valence-corrected chi connectivity index (χ2v) is 6.11. The first-order valence-corrected chi connectivity index (χ1v) is 8.43. The molecule has 0 aromatic heterocycles. The molecule has 2 amide bonds. The predicted molar refractivity (Wildman–Crippen MR) is 99.0 cm³/mol. The normalized spacial score (nSPS) is 10.0. The van der Waals surface area contributed by atoms with Gasteiger partial charge in [-0.3, -0.25) is 19.7 Å². The van der Waals surface area contributed by atoms with E-state index in [1.165, 1.54) is 24.3 Å². The van der Waals surface area contributed by atoms with E-state index in [0.29, 0.717) is 11.4 Å². The van der Waals surface area contributed by atoms with Crippen LogP contribution in [0.15, 0.2) is 53.0 Å². The van der Waals surface area contributed by atoms with Crippen molar-refractivity contribution < 1.29 is 19.2 Å². The Morgan fingerprint density at radius 2 is 1.69 bits per heavy atom. The van der Waals surface area contributed by atoms with Crippen molar-refractivity contribution in [3.8, 4) is 5.75 Å². The van der Waals surface area contributed by atoms with Crippen molar-refractivity contribution >= 4 is 39.1 Å². The fraction of sp³-hybridized carbons (Fsp3) is 0.176. The third-order valence-corrected chi connectivity index (χ3v) is 3.75. The lowest BCUT2D eigenvalue weighted by atomic mass is 10.3. The minimum atomic E-state index is -0.518. The lowest BCUT2D eigenvalue weighted by molar-refractivity contribution is -0.384. The second kappa shape index (κ2) is 9.52. The number of carbonyl (C=O) groups is 2. The first-order valence-electron chi connectivity index (χ1n) is 7.63. The maximum atomic E-state index is 11.8. The molecular formula is C17H16BrN3O5. The van der Waals surface area contributed by atoms with Crippen LogP contribution in [0.5, 0.6) is 5.75 Å². The molecule has 0 heterocycles. The van der Waals surface area contributed by atoms with Crippen LogP contribution < -0.4 is 15.4 Å². The van der Waals surface area contributed by atoms with Gasteiger partial charge in [0.05, 0.1) is 4.92 Å². The van der Waals surface area contributed by atoms with Gasteiger partial charge in [0.2, 0.25) is 5.91 Å². The summed E-state index contributed by atoms with van der Waals surface area (Å²) < 4.78 is 6.14. The highest BCUT2D eigenvalue weighted by Crippen LogP contribution is 2.17. The summed E-state index contributed by atoms with van der Waals surface area (Å²) in [5.41, 5.74) is 0.615. The van der Waals surface area contributed by atoms with Gasteiger partial charge in [-0.15, -0.1) is 0 Å². The molecule has 2 aromatic rings. The Morgan fingerprint density at radius 1 is 1.04 bits per heavy atom. The van der Waals surface area contributed by atoms with Crippen LogP contribution in [-0.4, -0.2) is 29.9 Å². The van der Waals surface area contributed by atoms with E-state index in [0.717, 1.165) is 4.47 Å². The van der Waals surface area contributed by atoms with Crippen LogP contribution in [0.4, 0.5) is 11.4 Å². The smallest absolute Gasteiger partial charge is 0.269 e. The zero-order valence-corrected chi connectivity index (χ0v) is 15.2. The van der Waals surface area contributed by atoms with E-state index in [4.69, 9.17) is 4.74 Å². The Hall–Kier alpha value is -2.94. The zero-order valence-electron chi connectivity index (χ0n) is 13.6. The number of carbonyl (C=O) groups excluding carboxylic acids is 2. The van der Waals surface area contributed by atoms with E-state index in [-0.39, 0.29) is 37.1 Å². The Bertz CT molecular complexity index is 778. The van der Waals surface area contributed by atoms with Gasteiger partial charge in [0.1, 0.15) is 5.75 Å². The Kier molecular flexibility index (Phi) is 7.10. The monoisotopic (exact) mass is 421 g/mol. The summed E-state index contributed by atoms with van der Waals surface area (Å²) in [5.74, 6) is -0.262.